The first kappa shape index (κ1) is 17.0. The van der Waals surface area contributed by atoms with Crippen LogP contribution in [-0.4, -0.2) is 46.9 Å². The van der Waals surface area contributed by atoms with Gasteiger partial charge < -0.3 is 10.4 Å². The first-order valence-electron chi connectivity index (χ1n) is 9.57. The van der Waals surface area contributed by atoms with Crippen LogP contribution in [0.3, 0.4) is 0 Å². The van der Waals surface area contributed by atoms with Crippen molar-refractivity contribution in [3.05, 3.63) is 48.6 Å². The smallest absolute Gasteiger partial charge is 0.174 e. The van der Waals surface area contributed by atoms with Gasteiger partial charge >= 0.3 is 0 Å². The van der Waals surface area contributed by atoms with E-state index < -0.39 is 0 Å². The average molecular weight is 375 g/mol. The van der Waals surface area contributed by atoms with Gasteiger partial charge in [0.2, 0.25) is 0 Å². The van der Waals surface area contributed by atoms with E-state index in [0.29, 0.717) is 35.0 Å². The minimum absolute atomic E-state index is 0.0760. The van der Waals surface area contributed by atoms with E-state index in [9.17, 15) is 5.11 Å². The van der Waals surface area contributed by atoms with E-state index in [-0.39, 0.29) is 5.75 Å². The fourth-order valence-electron chi connectivity index (χ4n) is 4.09. The quantitative estimate of drug-likeness (QED) is 0.725. The molecule has 3 aromatic rings. The second kappa shape index (κ2) is 7.12. The SMILES string of the molecule is Oc1cc(-n2ccnc2)ncc1-c1cnc(C=C2CC3CCCC(C2)N3)nn1. The van der Waals surface area contributed by atoms with E-state index in [0.717, 1.165) is 12.8 Å². The van der Waals surface area contributed by atoms with Crippen LogP contribution in [0.2, 0.25) is 0 Å². The van der Waals surface area contributed by atoms with Gasteiger partial charge in [-0.15, -0.1) is 10.2 Å². The van der Waals surface area contributed by atoms with Gasteiger partial charge in [0.05, 0.1) is 11.8 Å². The highest BCUT2D eigenvalue weighted by molar-refractivity contribution is 5.66. The van der Waals surface area contributed by atoms with Crippen molar-refractivity contribution in [3.63, 3.8) is 0 Å². The van der Waals surface area contributed by atoms with Gasteiger partial charge in [-0.2, -0.15) is 0 Å². The van der Waals surface area contributed by atoms with Gasteiger partial charge in [-0.05, 0) is 31.8 Å². The molecule has 2 atom stereocenters. The summed E-state index contributed by atoms with van der Waals surface area (Å²) in [6.45, 7) is 0. The Labute approximate surface area is 162 Å². The molecule has 28 heavy (non-hydrogen) atoms. The van der Waals surface area contributed by atoms with Crippen molar-refractivity contribution in [2.75, 3.05) is 0 Å². The van der Waals surface area contributed by atoms with Crippen LogP contribution in [-0.2, 0) is 0 Å². The maximum Gasteiger partial charge on any atom is 0.174 e. The Hall–Kier alpha value is -3.13. The molecule has 0 saturated carbocycles. The third kappa shape index (κ3) is 3.38. The lowest BCUT2D eigenvalue weighted by Crippen LogP contribution is -2.46. The Morgan fingerprint density at radius 3 is 2.64 bits per heavy atom. The number of hydrogen-bond donors (Lipinski definition) is 2. The highest BCUT2D eigenvalue weighted by Crippen LogP contribution is 2.30. The summed E-state index contributed by atoms with van der Waals surface area (Å²) in [5.74, 6) is 1.27. The molecule has 0 aromatic carbocycles. The van der Waals surface area contributed by atoms with Gasteiger partial charge in [0.15, 0.2) is 5.82 Å². The predicted molar refractivity (Wildman–Crippen MR) is 104 cm³/mol. The van der Waals surface area contributed by atoms with Crippen LogP contribution < -0.4 is 5.32 Å². The molecule has 5 heterocycles. The molecule has 0 spiro atoms. The maximum atomic E-state index is 10.4. The molecule has 2 aliphatic heterocycles. The van der Waals surface area contributed by atoms with E-state index in [1.165, 1.54) is 24.8 Å². The van der Waals surface area contributed by atoms with Crippen molar-refractivity contribution in [1.29, 1.82) is 0 Å². The number of nitrogens with zero attached hydrogens (tertiary/aromatic N) is 6. The van der Waals surface area contributed by atoms with Crippen molar-refractivity contribution >= 4 is 6.08 Å². The van der Waals surface area contributed by atoms with E-state index >= 15 is 0 Å². The van der Waals surface area contributed by atoms with Crippen LogP contribution >= 0.6 is 0 Å². The minimum atomic E-state index is 0.0760. The Kier molecular flexibility index (Phi) is 4.32. The zero-order valence-electron chi connectivity index (χ0n) is 15.4. The predicted octanol–water partition coefficient (Wildman–Crippen LogP) is 2.51. The molecule has 2 saturated heterocycles. The molecular weight excluding hydrogens is 354 g/mol. The molecule has 2 unspecified atom stereocenters. The van der Waals surface area contributed by atoms with Crippen molar-refractivity contribution in [3.8, 4) is 22.8 Å². The summed E-state index contributed by atoms with van der Waals surface area (Å²) in [4.78, 5) is 12.8. The number of imidazole rings is 1. The van der Waals surface area contributed by atoms with E-state index in [2.05, 4.69) is 36.5 Å². The molecule has 2 bridgehead atoms. The maximum absolute atomic E-state index is 10.4. The first-order chi connectivity index (χ1) is 13.7. The summed E-state index contributed by atoms with van der Waals surface area (Å²) in [6.07, 6.45) is 16.2. The molecule has 3 aromatic heterocycles. The number of hydrogen-bond acceptors (Lipinski definition) is 7. The lowest BCUT2D eigenvalue weighted by atomic mass is 9.84. The third-order valence-electron chi connectivity index (χ3n) is 5.42. The van der Waals surface area contributed by atoms with Crippen LogP contribution in [0.25, 0.3) is 23.2 Å². The monoisotopic (exact) mass is 375 g/mol. The van der Waals surface area contributed by atoms with Crippen LogP contribution in [0, 0.1) is 0 Å². The molecule has 142 valence electrons. The number of aromatic hydroxyl groups is 1. The van der Waals surface area contributed by atoms with Crippen molar-refractivity contribution < 1.29 is 5.11 Å². The molecule has 0 amide bonds. The fourth-order valence-corrected chi connectivity index (χ4v) is 4.09. The van der Waals surface area contributed by atoms with Crippen molar-refractivity contribution in [2.45, 2.75) is 44.2 Å². The number of nitrogens with one attached hydrogen (secondary N) is 1. The van der Waals surface area contributed by atoms with Crippen LogP contribution in [0.15, 0.2) is 42.8 Å². The molecule has 2 N–H and O–H groups in total. The standard InChI is InChI=1S/C20H21N7O/c28-18-9-20(27-5-4-21-12-27)23-10-16(18)17-11-22-19(26-25-17)8-13-6-14-2-1-3-15(7-13)24-14/h4-5,8-12,14-15,24H,1-3,6-7H2,(H,23,28). The van der Waals surface area contributed by atoms with Gasteiger partial charge in [0.1, 0.15) is 23.6 Å². The number of rotatable bonds is 3. The Balaban J connectivity index is 1.36. The Morgan fingerprint density at radius 1 is 1.11 bits per heavy atom. The van der Waals surface area contributed by atoms with Gasteiger partial charge in [-0.25, -0.2) is 15.0 Å². The van der Waals surface area contributed by atoms with Gasteiger partial charge in [0.25, 0.3) is 0 Å². The second-order valence-corrected chi connectivity index (χ2v) is 7.43. The lowest BCUT2D eigenvalue weighted by molar-refractivity contribution is 0.283. The normalized spacial score (nSPS) is 21.5. The molecule has 2 fully saturated rings. The summed E-state index contributed by atoms with van der Waals surface area (Å²) in [5, 5.41) is 22.6. The highest BCUT2D eigenvalue weighted by Gasteiger charge is 2.27. The minimum Gasteiger partial charge on any atom is -0.507 e. The summed E-state index contributed by atoms with van der Waals surface area (Å²) >= 11 is 0. The highest BCUT2D eigenvalue weighted by atomic mass is 16.3. The summed E-state index contributed by atoms with van der Waals surface area (Å²) in [6, 6.07) is 2.74. The van der Waals surface area contributed by atoms with E-state index in [1.807, 2.05) is 0 Å². The Morgan fingerprint density at radius 2 is 1.96 bits per heavy atom. The largest absolute Gasteiger partial charge is 0.507 e. The number of aromatic nitrogens is 6. The molecule has 2 aliphatic rings. The van der Waals surface area contributed by atoms with Crippen LogP contribution in [0.5, 0.6) is 5.75 Å². The topological polar surface area (TPSA) is 102 Å². The molecule has 0 radical (unpaired) electrons. The van der Waals surface area contributed by atoms with Gasteiger partial charge in [-0.1, -0.05) is 12.0 Å². The average Bonchev–Trinajstić information content (AvgIpc) is 3.23. The van der Waals surface area contributed by atoms with Crippen molar-refractivity contribution in [1.82, 2.24) is 35.0 Å². The summed E-state index contributed by atoms with van der Waals surface area (Å²) in [5.41, 5.74) is 2.38. The number of fused-ring (bicyclic) bond motifs is 2. The second-order valence-electron chi connectivity index (χ2n) is 7.43. The van der Waals surface area contributed by atoms with Gasteiger partial charge in [-0.3, -0.25) is 4.57 Å². The van der Waals surface area contributed by atoms with E-state index in [4.69, 9.17) is 0 Å². The van der Waals surface area contributed by atoms with Crippen LogP contribution in [0.1, 0.15) is 37.9 Å². The van der Waals surface area contributed by atoms with Gasteiger partial charge in [0, 0.05) is 36.7 Å². The summed E-state index contributed by atoms with van der Waals surface area (Å²) < 4.78 is 1.72. The lowest BCUT2D eigenvalue weighted by Gasteiger charge is -2.37. The number of piperidine rings is 2. The Bertz CT molecular complexity index is 984. The first-order valence-corrected chi connectivity index (χ1v) is 9.57. The molecular formula is C20H21N7O. The zero-order chi connectivity index (χ0) is 18.9. The van der Waals surface area contributed by atoms with E-state index in [1.54, 1.807) is 41.7 Å². The third-order valence-corrected chi connectivity index (χ3v) is 5.42. The fraction of sp³-hybridized carbons (Fsp3) is 0.350. The van der Waals surface area contributed by atoms with Crippen molar-refractivity contribution in [2.24, 2.45) is 0 Å². The number of pyridine rings is 1. The molecule has 5 rings (SSSR count). The molecule has 8 heteroatoms. The van der Waals surface area contributed by atoms with Crippen LogP contribution in [0.4, 0.5) is 0 Å². The summed E-state index contributed by atoms with van der Waals surface area (Å²) in [7, 11) is 0. The molecule has 8 nitrogen and oxygen atoms in total. The zero-order valence-corrected chi connectivity index (χ0v) is 15.4. The molecule has 0 aliphatic carbocycles.